The predicted octanol–water partition coefficient (Wildman–Crippen LogP) is 2.56. The number of aliphatic carboxylic acids is 1. The molecule has 0 fully saturated rings. The Bertz CT molecular complexity index is 962. The maximum atomic E-state index is 12.3. The van der Waals surface area contributed by atoms with Crippen molar-refractivity contribution in [3.8, 4) is 0 Å². The molecule has 0 aliphatic carbocycles. The highest BCUT2D eigenvalue weighted by atomic mass is 16.4. The van der Waals surface area contributed by atoms with Gasteiger partial charge in [-0.3, -0.25) is 14.3 Å². The summed E-state index contributed by atoms with van der Waals surface area (Å²) in [6.45, 7) is 1.81. The van der Waals surface area contributed by atoms with Gasteiger partial charge >= 0.3 is 5.97 Å². The molecule has 1 amide bonds. The molecule has 3 aromatic rings. The predicted molar refractivity (Wildman–Crippen MR) is 99.1 cm³/mol. The molecule has 2 aromatic carbocycles. The van der Waals surface area contributed by atoms with Crippen molar-refractivity contribution < 1.29 is 14.7 Å². The van der Waals surface area contributed by atoms with Crippen LogP contribution in [0.15, 0.2) is 48.7 Å². The highest BCUT2D eigenvalue weighted by Crippen LogP contribution is 2.18. The van der Waals surface area contributed by atoms with Gasteiger partial charge in [-0.1, -0.05) is 42.5 Å². The Labute approximate surface area is 151 Å². The van der Waals surface area contributed by atoms with Crippen LogP contribution in [-0.2, 0) is 18.3 Å². The first kappa shape index (κ1) is 17.7. The fourth-order valence-electron chi connectivity index (χ4n) is 3.03. The molecule has 1 aromatic heterocycles. The summed E-state index contributed by atoms with van der Waals surface area (Å²) in [6, 6.07) is 13.9. The molecule has 6 nitrogen and oxygen atoms in total. The third kappa shape index (κ3) is 3.91. The molecular weight excluding hydrogens is 330 g/mol. The van der Waals surface area contributed by atoms with Gasteiger partial charge in [0.15, 0.2) is 0 Å². The Hall–Kier alpha value is -3.15. The second-order valence-corrected chi connectivity index (χ2v) is 6.43. The number of carboxylic acid groups (broad SMARTS) is 1. The average molecular weight is 351 g/mol. The lowest BCUT2D eigenvalue weighted by atomic mass is 9.97. The van der Waals surface area contributed by atoms with Crippen LogP contribution < -0.4 is 5.32 Å². The standard InChI is InChI=1S/C20H21N3O3/c1-13-18(12-23(2)22-13)19(24)21-11-17(20(25)26)10-14-7-8-15-5-3-4-6-16(15)9-14/h3-9,12,17H,10-11H2,1-2H3,(H,21,24)(H,25,26)/t17-/m1/s1. The summed E-state index contributed by atoms with van der Waals surface area (Å²) < 4.78 is 1.56. The van der Waals surface area contributed by atoms with E-state index in [0.29, 0.717) is 17.7 Å². The third-order valence-corrected chi connectivity index (χ3v) is 4.41. The normalized spacial score (nSPS) is 12.1. The van der Waals surface area contributed by atoms with Gasteiger partial charge in [0.25, 0.3) is 5.91 Å². The fourth-order valence-corrected chi connectivity index (χ4v) is 3.03. The first-order valence-corrected chi connectivity index (χ1v) is 8.43. The number of hydrogen-bond acceptors (Lipinski definition) is 3. The number of carbonyl (C=O) groups excluding carboxylic acids is 1. The van der Waals surface area contributed by atoms with Gasteiger partial charge in [0, 0.05) is 19.8 Å². The van der Waals surface area contributed by atoms with Crippen molar-refractivity contribution in [3.63, 3.8) is 0 Å². The molecule has 0 saturated heterocycles. The zero-order chi connectivity index (χ0) is 18.7. The van der Waals surface area contributed by atoms with E-state index < -0.39 is 11.9 Å². The van der Waals surface area contributed by atoms with Gasteiger partial charge in [0.1, 0.15) is 0 Å². The summed E-state index contributed by atoms with van der Waals surface area (Å²) in [5.74, 6) is -1.93. The van der Waals surface area contributed by atoms with E-state index in [0.717, 1.165) is 16.3 Å². The molecule has 1 heterocycles. The number of rotatable bonds is 6. The van der Waals surface area contributed by atoms with Crippen molar-refractivity contribution in [2.24, 2.45) is 13.0 Å². The number of nitrogens with one attached hydrogen (secondary N) is 1. The smallest absolute Gasteiger partial charge is 0.308 e. The lowest BCUT2D eigenvalue weighted by Crippen LogP contribution is -2.34. The number of aromatic nitrogens is 2. The third-order valence-electron chi connectivity index (χ3n) is 4.41. The lowest BCUT2D eigenvalue weighted by Gasteiger charge is -2.14. The number of carbonyl (C=O) groups is 2. The summed E-state index contributed by atoms with van der Waals surface area (Å²) in [5.41, 5.74) is 2.01. The van der Waals surface area contributed by atoms with E-state index in [4.69, 9.17) is 0 Å². The van der Waals surface area contributed by atoms with E-state index in [2.05, 4.69) is 10.4 Å². The first-order valence-electron chi connectivity index (χ1n) is 8.43. The van der Waals surface area contributed by atoms with E-state index in [1.54, 1.807) is 24.9 Å². The van der Waals surface area contributed by atoms with E-state index >= 15 is 0 Å². The van der Waals surface area contributed by atoms with Crippen LogP contribution in [0.5, 0.6) is 0 Å². The Kier molecular flexibility index (Phi) is 5.02. The van der Waals surface area contributed by atoms with E-state index in [1.165, 1.54) is 0 Å². The minimum Gasteiger partial charge on any atom is -0.481 e. The molecular formula is C20H21N3O3. The van der Waals surface area contributed by atoms with Gasteiger partial charge in [-0.25, -0.2) is 0 Å². The van der Waals surface area contributed by atoms with Crippen molar-refractivity contribution in [1.29, 1.82) is 0 Å². The maximum absolute atomic E-state index is 12.3. The van der Waals surface area contributed by atoms with Crippen LogP contribution >= 0.6 is 0 Å². The van der Waals surface area contributed by atoms with Gasteiger partial charge < -0.3 is 10.4 Å². The zero-order valence-electron chi connectivity index (χ0n) is 14.8. The van der Waals surface area contributed by atoms with Crippen LogP contribution in [0.25, 0.3) is 10.8 Å². The molecule has 1 atom stereocenters. The molecule has 2 N–H and O–H groups in total. The van der Waals surface area contributed by atoms with Crippen LogP contribution in [0, 0.1) is 12.8 Å². The highest BCUT2D eigenvalue weighted by Gasteiger charge is 2.21. The lowest BCUT2D eigenvalue weighted by molar-refractivity contribution is -0.141. The van der Waals surface area contributed by atoms with Crippen LogP contribution in [0.4, 0.5) is 0 Å². The summed E-state index contributed by atoms with van der Waals surface area (Å²) in [5, 5.41) is 18.6. The molecule has 0 aliphatic heterocycles. The van der Waals surface area contributed by atoms with Crippen LogP contribution in [-0.4, -0.2) is 33.3 Å². The largest absolute Gasteiger partial charge is 0.481 e. The molecule has 0 saturated carbocycles. The molecule has 26 heavy (non-hydrogen) atoms. The molecule has 0 aliphatic rings. The average Bonchev–Trinajstić information content (AvgIpc) is 2.96. The number of benzene rings is 2. The minimum absolute atomic E-state index is 0.0648. The zero-order valence-corrected chi connectivity index (χ0v) is 14.8. The number of hydrogen-bond donors (Lipinski definition) is 2. The highest BCUT2D eigenvalue weighted by molar-refractivity contribution is 5.95. The monoisotopic (exact) mass is 351 g/mol. The molecule has 0 radical (unpaired) electrons. The van der Waals surface area contributed by atoms with Crippen LogP contribution in [0.3, 0.4) is 0 Å². The van der Waals surface area contributed by atoms with Crippen LogP contribution in [0.2, 0.25) is 0 Å². The van der Waals surface area contributed by atoms with Crippen molar-refractivity contribution >= 4 is 22.6 Å². The first-order chi connectivity index (χ1) is 12.4. The van der Waals surface area contributed by atoms with Gasteiger partial charge in [0.05, 0.1) is 17.2 Å². The number of fused-ring (bicyclic) bond motifs is 1. The van der Waals surface area contributed by atoms with Crippen molar-refractivity contribution in [2.75, 3.05) is 6.54 Å². The summed E-state index contributed by atoms with van der Waals surface area (Å²) >= 11 is 0. The molecule has 0 unspecified atom stereocenters. The number of amides is 1. The molecule has 0 bridgehead atoms. The molecule has 6 heteroatoms. The molecule has 134 valence electrons. The number of nitrogens with zero attached hydrogens (tertiary/aromatic N) is 2. The van der Waals surface area contributed by atoms with Crippen molar-refractivity contribution in [2.45, 2.75) is 13.3 Å². The fraction of sp³-hybridized carbons (Fsp3) is 0.250. The summed E-state index contributed by atoms with van der Waals surface area (Å²) in [4.78, 5) is 23.9. The quantitative estimate of drug-likeness (QED) is 0.715. The van der Waals surface area contributed by atoms with Crippen molar-refractivity contribution in [1.82, 2.24) is 15.1 Å². The van der Waals surface area contributed by atoms with Gasteiger partial charge in [-0.05, 0) is 29.7 Å². The Morgan fingerprint density at radius 2 is 1.92 bits per heavy atom. The summed E-state index contributed by atoms with van der Waals surface area (Å²) in [6.07, 6.45) is 1.98. The van der Waals surface area contributed by atoms with Crippen molar-refractivity contribution in [3.05, 3.63) is 65.5 Å². The second-order valence-electron chi connectivity index (χ2n) is 6.43. The molecule has 0 spiro atoms. The maximum Gasteiger partial charge on any atom is 0.308 e. The topological polar surface area (TPSA) is 84.2 Å². The second kappa shape index (κ2) is 7.39. The van der Waals surface area contributed by atoms with E-state index in [9.17, 15) is 14.7 Å². The van der Waals surface area contributed by atoms with Gasteiger partial charge in [-0.2, -0.15) is 5.10 Å². The summed E-state index contributed by atoms with van der Waals surface area (Å²) in [7, 11) is 1.74. The number of aryl methyl sites for hydroxylation is 2. The molecule has 3 rings (SSSR count). The Morgan fingerprint density at radius 1 is 1.19 bits per heavy atom. The van der Waals surface area contributed by atoms with Gasteiger partial charge in [-0.15, -0.1) is 0 Å². The van der Waals surface area contributed by atoms with Crippen LogP contribution in [0.1, 0.15) is 21.6 Å². The Morgan fingerprint density at radius 3 is 2.58 bits per heavy atom. The minimum atomic E-state index is -0.929. The SMILES string of the molecule is Cc1nn(C)cc1C(=O)NC[C@@H](Cc1ccc2ccccc2c1)C(=O)O. The van der Waals surface area contributed by atoms with Gasteiger partial charge in [0.2, 0.25) is 0 Å². The van der Waals surface area contributed by atoms with E-state index in [-0.39, 0.29) is 12.5 Å². The number of carboxylic acids is 1. The Balaban J connectivity index is 1.69. The van der Waals surface area contributed by atoms with E-state index in [1.807, 2.05) is 42.5 Å².